The number of anilines is 3. The number of ether oxygens (including phenoxy) is 2. The molecular weight excluding hydrogens is 358 g/mol. The first-order valence-corrected chi connectivity index (χ1v) is 8.26. The number of aromatic nitrogens is 2. The van der Waals surface area contributed by atoms with Crippen molar-refractivity contribution in [3.8, 4) is 17.6 Å². The number of hydrogen-bond donors (Lipinski definition) is 2. The molecule has 1 heterocycles. The molecule has 0 aliphatic rings. The Morgan fingerprint density at radius 1 is 1.04 bits per heavy atom. The molecule has 8 heteroatoms. The summed E-state index contributed by atoms with van der Waals surface area (Å²) in [6, 6.07) is 14.2. The molecule has 8 nitrogen and oxygen atoms in total. The van der Waals surface area contributed by atoms with E-state index < -0.39 is 5.91 Å². The van der Waals surface area contributed by atoms with Gasteiger partial charge in [0, 0.05) is 11.8 Å². The highest BCUT2D eigenvalue weighted by Gasteiger charge is 2.11. The third-order valence-corrected chi connectivity index (χ3v) is 3.84. The van der Waals surface area contributed by atoms with E-state index in [4.69, 9.17) is 14.7 Å². The Labute approximate surface area is 161 Å². The second-order valence-electron chi connectivity index (χ2n) is 5.59. The van der Waals surface area contributed by atoms with Crippen molar-refractivity contribution in [1.29, 1.82) is 5.26 Å². The Hall–Kier alpha value is -4.12. The molecule has 0 saturated heterocycles. The van der Waals surface area contributed by atoms with E-state index in [-0.39, 0.29) is 5.69 Å². The molecule has 0 radical (unpaired) electrons. The van der Waals surface area contributed by atoms with Gasteiger partial charge in [-0.25, -0.2) is 9.97 Å². The Kier molecular flexibility index (Phi) is 5.67. The number of nitriles is 1. The van der Waals surface area contributed by atoms with Gasteiger partial charge >= 0.3 is 0 Å². The number of carbonyl (C=O) groups is 1. The maximum absolute atomic E-state index is 12.4. The summed E-state index contributed by atoms with van der Waals surface area (Å²) in [5.41, 5.74) is 1.78. The minimum Gasteiger partial charge on any atom is -0.493 e. The standard InChI is InChI=1S/C20H17N5O3/c1-27-17-8-7-14(9-18(17)28-2)24-20(26)16-11-23-19(12-22-16)25-15-6-4-3-5-13(15)10-21/h3-9,11-12H,1-2H3,(H,23,25)(H,24,26). The van der Waals surface area contributed by atoms with Crippen molar-refractivity contribution in [3.63, 3.8) is 0 Å². The van der Waals surface area contributed by atoms with Gasteiger partial charge in [0.25, 0.3) is 5.91 Å². The topological polar surface area (TPSA) is 109 Å². The number of nitrogens with one attached hydrogen (secondary N) is 2. The second-order valence-corrected chi connectivity index (χ2v) is 5.59. The number of carbonyl (C=O) groups excluding carboxylic acids is 1. The normalized spacial score (nSPS) is 9.89. The second kappa shape index (κ2) is 8.51. The first-order chi connectivity index (χ1) is 13.6. The van der Waals surface area contributed by atoms with Crippen LogP contribution in [0.5, 0.6) is 11.5 Å². The fraction of sp³-hybridized carbons (Fsp3) is 0.100. The Bertz CT molecular complexity index is 1030. The number of methoxy groups -OCH3 is 2. The SMILES string of the molecule is COc1ccc(NC(=O)c2cnc(Nc3ccccc3C#N)cn2)cc1OC. The maximum atomic E-state index is 12.4. The van der Waals surface area contributed by atoms with Crippen LogP contribution in [0.1, 0.15) is 16.1 Å². The monoisotopic (exact) mass is 375 g/mol. The van der Waals surface area contributed by atoms with Gasteiger partial charge in [-0.3, -0.25) is 4.79 Å². The third kappa shape index (κ3) is 4.16. The van der Waals surface area contributed by atoms with Gasteiger partial charge in [0.1, 0.15) is 17.6 Å². The van der Waals surface area contributed by atoms with Crippen molar-refractivity contribution in [3.05, 3.63) is 66.1 Å². The van der Waals surface area contributed by atoms with Gasteiger partial charge in [-0.2, -0.15) is 5.26 Å². The highest BCUT2D eigenvalue weighted by molar-refractivity contribution is 6.02. The minimum absolute atomic E-state index is 0.147. The highest BCUT2D eigenvalue weighted by atomic mass is 16.5. The summed E-state index contributed by atoms with van der Waals surface area (Å²) in [7, 11) is 3.06. The van der Waals surface area contributed by atoms with Gasteiger partial charge < -0.3 is 20.1 Å². The van der Waals surface area contributed by atoms with Crippen LogP contribution in [-0.2, 0) is 0 Å². The molecule has 1 amide bonds. The van der Waals surface area contributed by atoms with Gasteiger partial charge in [0.2, 0.25) is 0 Å². The van der Waals surface area contributed by atoms with E-state index >= 15 is 0 Å². The average Bonchev–Trinajstić information content (AvgIpc) is 2.74. The number of hydrogen-bond acceptors (Lipinski definition) is 7. The van der Waals surface area contributed by atoms with Gasteiger partial charge in [-0.15, -0.1) is 0 Å². The van der Waals surface area contributed by atoms with E-state index in [1.165, 1.54) is 26.6 Å². The average molecular weight is 375 g/mol. The van der Waals surface area contributed by atoms with Crippen molar-refractivity contribution < 1.29 is 14.3 Å². The summed E-state index contributed by atoms with van der Waals surface area (Å²) in [5.74, 6) is 1.07. The summed E-state index contributed by atoms with van der Waals surface area (Å²) in [6.45, 7) is 0. The molecule has 2 N–H and O–H groups in total. The molecule has 3 aromatic rings. The summed E-state index contributed by atoms with van der Waals surface area (Å²) >= 11 is 0. The molecule has 0 fully saturated rings. The van der Waals surface area contributed by atoms with Gasteiger partial charge in [-0.1, -0.05) is 12.1 Å². The van der Waals surface area contributed by atoms with Crippen molar-refractivity contribution in [2.75, 3.05) is 24.9 Å². The predicted molar refractivity (Wildman–Crippen MR) is 104 cm³/mol. The fourth-order valence-corrected chi connectivity index (χ4v) is 2.45. The first-order valence-electron chi connectivity index (χ1n) is 8.26. The Morgan fingerprint density at radius 2 is 1.82 bits per heavy atom. The van der Waals surface area contributed by atoms with Crippen LogP contribution >= 0.6 is 0 Å². The lowest BCUT2D eigenvalue weighted by Crippen LogP contribution is -2.14. The lowest BCUT2D eigenvalue weighted by atomic mass is 10.2. The molecule has 140 valence electrons. The summed E-state index contributed by atoms with van der Waals surface area (Å²) in [6.07, 6.45) is 2.78. The number of rotatable bonds is 6. The van der Waals surface area contributed by atoms with Crippen LogP contribution in [-0.4, -0.2) is 30.1 Å². The zero-order valence-electron chi connectivity index (χ0n) is 15.3. The quantitative estimate of drug-likeness (QED) is 0.680. The minimum atomic E-state index is -0.413. The van der Waals surface area contributed by atoms with Crippen LogP contribution in [0, 0.1) is 11.3 Å². The van der Waals surface area contributed by atoms with Gasteiger partial charge in [0.15, 0.2) is 11.5 Å². The molecule has 1 aromatic heterocycles. The van der Waals surface area contributed by atoms with Crippen molar-refractivity contribution in [2.24, 2.45) is 0 Å². The predicted octanol–water partition coefficient (Wildman–Crippen LogP) is 3.36. The third-order valence-electron chi connectivity index (χ3n) is 3.84. The van der Waals surface area contributed by atoms with E-state index in [0.717, 1.165) is 0 Å². The maximum Gasteiger partial charge on any atom is 0.275 e. The molecule has 3 rings (SSSR count). The molecular formula is C20H17N5O3. The molecule has 0 spiro atoms. The van der Waals surface area contributed by atoms with Crippen LogP contribution in [0.25, 0.3) is 0 Å². The van der Waals surface area contributed by atoms with Crippen LogP contribution in [0.2, 0.25) is 0 Å². The van der Waals surface area contributed by atoms with E-state index in [9.17, 15) is 4.79 Å². The van der Waals surface area contributed by atoms with Crippen molar-refractivity contribution in [1.82, 2.24) is 9.97 Å². The number of para-hydroxylation sites is 1. The largest absolute Gasteiger partial charge is 0.493 e. The Balaban J connectivity index is 1.71. The smallest absolute Gasteiger partial charge is 0.275 e. The zero-order chi connectivity index (χ0) is 19.9. The number of benzene rings is 2. The van der Waals surface area contributed by atoms with Crippen LogP contribution in [0.4, 0.5) is 17.2 Å². The van der Waals surface area contributed by atoms with Gasteiger partial charge in [-0.05, 0) is 24.3 Å². The van der Waals surface area contributed by atoms with E-state index in [1.54, 1.807) is 36.4 Å². The molecule has 0 bridgehead atoms. The van der Waals surface area contributed by atoms with Crippen molar-refractivity contribution >= 4 is 23.1 Å². The molecule has 2 aromatic carbocycles. The number of nitrogens with zero attached hydrogens (tertiary/aromatic N) is 3. The molecule has 0 atom stereocenters. The Morgan fingerprint density at radius 3 is 2.50 bits per heavy atom. The molecule has 0 aliphatic heterocycles. The summed E-state index contributed by atoms with van der Waals surface area (Å²) < 4.78 is 10.4. The fourth-order valence-electron chi connectivity index (χ4n) is 2.45. The number of amides is 1. The van der Waals surface area contributed by atoms with Gasteiger partial charge in [0.05, 0.1) is 37.9 Å². The first kappa shape index (κ1) is 18.7. The molecule has 0 aliphatic carbocycles. The zero-order valence-corrected chi connectivity index (χ0v) is 15.3. The van der Waals surface area contributed by atoms with E-state index in [2.05, 4.69) is 26.7 Å². The molecule has 28 heavy (non-hydrogen) atoms. The highest BCUT2D eigenvalue weighted by Crippen LogP contribution is 2.29. The van der Waals surface area contributed by atoms with Crippen LogP contribution in [0.15, 0.2) is 54.9 Å². The molecule has 0 saturated carbocycles. The van der Waals surface area contributed by atoms with E-state index in [0.29, 0.717) is 34.3 Å². The van der Waals surface area contributed by atoms with Crippen LogP contribution < -0.4 is 20.1 Å². The van der Waals surface area contributed by atoms with E-state index in [1.807, 2.05) is 6.07 Å². The summed E-state index contributed by atoms with van der Waals surface area (Å²) in [5, 5.41) is 14.9. The molecule has 0 unspecified atom stereocenters. The summed E-state index contributed by atoms with van der Waals surface area (Å²) in [4.78, 5) is 20.7. The lowest BCUT2D eigenvalue weighted by Gasteiger charge is -2.10. The van der Waals surface area contributed by atoms with Crippen LogP contribution in [0.3, 0.4) is 0 Å². The lowest BCUT2D eigenvalue weighted by molar-refractivity contribution is 0.102. The van der Waals surface area contributed by atoms with Crippen molar-refractivity contribution in [2.45, 2.75) is 0 Å².